The number of nitrogens with two attached hydrogens (primary N) is 1. The van der Waals surface area contributed by atoms with Gasteiger partial charge in [-0.3, -0.25) is 0 Å². The van der Waals surface area contributed by atoms with Crippen LogP contribution in [-0.4, -0.2) is 29.9 Å². The predicted octanol–water partition coefficient (Wildman–Crippen LogP) is 2.36. The Morgan fingerprint density at radius 1 is 1.35 bits per heavy atom. The highest BCUT2D eigenvalue weighted by atomic mass is 19.4. The van der Waals surface area contributed by atoms with E-state index < -0.39 is 24.5 Å². The molecular weight excluding hydrogens is 237 g/mol. The first-order valence-corrected chi connectivity index (χ1v) is 5.34. The molecule has 0 bridgehead atoms. The number of nitrogens with zero attached hydrogens (tertiary/aromatic N) is 1. The molecule has 2 unspecified atom stereocenters. The second kappa shape index (κ2) is 6.68. The van der Waals surface area contributed by atoms with Crippen molar-refractivity contribution >= 4 is 5.84 Å². The standard InChI is InChI=1S/C10H19F3N2O2/c1-6(2)4-7(3)17-5-8(9(14)15-16)10(11,12)13/h6-8,16H,4-5H2,1-3H3,(H2,14,15). The number of rotatable bonds is 6. The summed E-state index contributed by atoms with van der Waals surface area (Å²) in [5, 5.41) is 10.7. The van der Waals surface area contributed by atoms with Gasteiger partial charge < -0.3 is 15.7 Å². The number of hydrogen-bond donors (Lipinski definition) is 2. The molecule has 0 amide bonds. The molecule has 0 aliphatic carbocycles. The van der Waals surface area contributed by atoms with Gasteiger partial charge in [0.25, 0.3) is 0 Å². The van der Waals surface area contributed by atoms with Gasteiger partial charge in [-0.05, 0) is 19.3 Å². The van der Waals surface area contributed by atoms with E-state index in [1.165, 1.54) is 0 Å². The van der Waals surface area contributed by atoms with E-state index in [1.807, 2.05) is 13.8 Å². The molecular formula is C10H19F3N2O2. The first-order valence-electron chi connectivity index (χ1n) is 5.34. The van der Waals surface area contributed by atoms with Gasteiger partial charge in [0.15, 0.2) is 5.84 Å². The van der Waals surface area contributed by atoms with E-state index in [1.54, 1.807) is 6.92 Å². The van der Waals surface area contributed by atoms with Gasteiger partial charge in [0.1, 0.15) is 5.92 Å². The largest absolute Gasteiger partial charge is 0.409 e. The lowest BCUT2D eigenvalue weighted by atomic mass is 10.1. The molecule has 102 valence electrons. The summed E-state index contributed by atoms with van der Waals surface area (Å²) in [7, 11) is 0. The van der Waals surface area contributed by atoms with Gasteiger partial charge >= 0.3 is 6.18 Å². The van der Waals surface area contributed by atoms with Crippen molar-refractivity contribution in [3.63, 3.8) is 0 Å². The fourth-order valence-corrected chi connectivity index (χ4v) is 1.41. The molecule has 0 saturated heterocycles. The lowest BCUT2D eigenvalue weighted by molar-refractivity contribution is -0.172. The van der Waals surface area contributed by atoms with E-state index >= 15 is 0 Å². The molecule has 0 aromatic carbocycles. The van der Waals surface area contributed by atoms with Crippen molar-refractivity contribution in [2.45, 2.75) is 39.5 Å². The van der Waals surface area contributed by atoms with Crippen LogP contribution in [0.1, 0.15) is 27.2 Å². The topological polar surface area (TPSA) is 67.8 Å². The smallest absolute Gasteiger partial charge is 0.401 e. The molecule has 0 aliphatic heterocycles. The van der Waals surface area contributed by atoms with Gasteiger partial charge in [-0.2, -0.15) is 13.2 Å². The highest BCUT2D eigenvalue weighted by Gasteiger charge is 2.43. The van der Waals surface area contributed by atoms with Crippen LogP contribution in [0.25, 0.3) is 0 Å². The highest BCUT2D eigenvalue weighted by molar-refractivity contribution is 5.83. The average molecular weight is 256 g/mol. The van der Waals surface area contributed by atoms with Crippen LogP contribution in [0, 0.1) is 11.8 Å². The lowest BCUT2D eigenvalue weighted by Gasteiger charge is -2.22. The summed E-state index contributed by atoms with van der Waals surface area (Å²) in [6.07, 6.45) is -4.22. The van der Waals surface area contributed by atoms with Crippen LogP contribution in [-0.2, 0) is 4.74 Å². The molecule has 0 fully saturated rings. The van der Waals surface area contributed by atoms with Gasteiger partial charge in [0.2, 0.25) is 0 Å². The molecule has 0 heterocycles. The van der Waals surface area contributed by atoms with Crippen LogP contribution < -0.4 is 5.73 Å². The molecule has 7 heteroatoms. The van der Waals surface area contributed by atoms with E-state index in [0.717, 1.165) is 0 Å². The molecule has 4 nitrogen and oxygen atoms in total. The maximum Gasteiger partial charge on any atom is 0.401 e. The normalized spacial score (nSPS) is 17.2. The molecule has 2 atom stereocenters. The molecule has 17 heavy (non-hydrogen) atoms. The van der Waals surface area contributed by atoms with Gasteiger partial charge in [-0.1, -0.05) is 19.0 Å². The maximum atomic E-state index is 12.5. The Labute approximate surface area is 98.6 Å². The molecule has 0 aromatic heterocycles. The summed E-state index contributed by atoms with van der Waals surface area (Å²) in [6.45, 7) is 4.96. The summed E-state index contributed by atoms with van der Waals surface area (Å²) >= 11 is 0. The number of alkyl halides is 3. The van der Waals surface area contributed by atoms with Crippen molar-refractivity contribution in [1.29, 1.82) is 0 Å². The highest BCUT2D eigenvalue weighted by Crippen LogP contribution is 2.27. The molecule has 0 rings (SSSR count). The van der Waals surface area contributed by atoms with E-state index in [4.69, 9.17) is 15.7 Å². The van der Waals surface area contributed by atoms with Gasteiger partial charge in [-0.15, -0.1) is 0 Å². The first kappa shape index (κ1) is 16.0. The second-order valence-electron chi connectivity index (χ2n) is 4.39. The van der Waals surface area contributed by atoms with E-state index in [9.17, 15) is 13.2 Å². The zero-order chi connectivity index (χ0) is 13.6. The Bertz CT molecular complexity index is 254. The third-order valence-electron chi connectivity index (χ3n) is 2.22. The van der Waals surface area contributed by atoms with E-state index in [-0.39, 0.29) is 6.10 Å². The lowest BCUT2D eigenvalue weighted by Crippen LogP contribution is -2.40. The Balaban J connectivity index is 4.38. The van der Waals surface area contributed by atoms with E-state index in [0.29, 0.717) is 12.3 Å². The van der Waals surface area contributed by atoms with Gasteiger partial charge in [0.05, 0.1) is 12.7 Å². The molecule has 3 N–H and O–H groups in total. The van der Waals surface area contributed by atoms with Crippen LogP contribution in [0.2, 0.25) is 0 Å². The monoisotopic (exact) mass is 256 g/mol. The van der Waals surface area contributed by atoms with Crippen molar-refractivity contribution in [3.05, 3.63) is 0 Å². The fraction of sp³-hybridized carbons (Fsp3) is 0.900. The van der Waals surface area contributed by atoms with Crippen LogP contribution >= 0.6 is 0 Å². The summed E-state index contributed by atoms with van der Waals surface area (Å²) in [6, 6.07) is 0. The SMILES string of the molecule is CC(C)CC(C)OCC(C(N)=NO)C(F)(F)F. The zero-order valence-corrected chi connectivity index (χ0v) is 10.2. The van der Waals surface area contributed by atoms with Crippen molar-refractivity contribution in [2.24, 2.45) is 22.7 Å². The summed E-state index contributed by atoms with van der Waals surface area (Å²) < 4.78 is 42.6. The Morgan fingerprint density at radius 2 is 1.88 bits per heavy atom. The number of hydrogen-bond acceptors (Lipinski definition) is 3. The Hall–Kier alpha value is -0.980. The Morgan fingerprint density at radius 3 is 2.24 bits per heavy atom. The molecule has 0 radical (unpaired) electrons. The quantitative estimate of drug-likeness (QED) is 0.332. The third kappa shape index (κ3) is 6.35. The summed E-state index contributed by atoms with van der Waals surface area (Å²) in [5.41, 5.74) is 4.99. The van der Waals surface area contributed by atoms with Crippen LogP contribution in [0.15, 0.2) is 5.16 Å². The molecule has 0 aromatic rings. The number of amidine groups is 1. The number of ether oxygens (including phenoxy) is 1. The minimum absolute atomic E-state index is 0.300. The number of halogens is 3. The minimum Gasteiger partial charge on any atom is -0.409 e. The molecule has 0 spiro atoms. The van der Waals surface area contributed by atoms with Gasteiger partial charge in [-0.25, -0.2) is 0 Å². The Kier molecular flexibility index (Phi) is 6.30. The summed E-state index contributed by atoms with van der Waals surface area (Å²) in [4.78, 5) is 0. The first-order chi connectivity index (χ1) is 7.68. The van der Waals surface area contributed by atoms with Crippen LogP contribution in [0.3, 0.4) is 0 Å². The van der Waals surface area contributed by atoms with Crippen molar-refractivity contribution in [3.8, 4) is 0 Å². The average Bonchev–Trinajstić information content (AvgIpc) is 2.14. The van der Waals surface area contributed by atoms with E-state index in [2.05, 4.69) is 5.16 Å². The van der Waals surface area contributed by atoms with Crippen molar-refractivity contribution in [1.82, 2.24) is 0 Å². The number of oxime groups is 1. The zero-order valence-electron chi connectivity index (χ0n) is 10.2. The fourth-order valence-electron chi connectivity index (χ4n) is 1.41. The van der Waals surface area contributed by atoms with Crippen LogP contribution in [0.4, 0.5) is 13.2 Å². The second-order valence-corrected chi connectivity index (χ2v) is 4.39. The van der Waals surface area contributed by atoms with Crippen molar-refractivity contribution in [2.75, 3.05) is 6.61 Å². The van der Waals surface area contributed by atoms with Crippen molar-refractivity contribution < 1.29 is 23.1 Å². The predicted molar refractivity (Wildman–Crippen MR) is 57.8 cm³/mol. The third-order valence-corrected chi connectivity index (χ3v) is 2.22. The molecule has 0 saturated carbocycles. The van der Waals surface area contributed by atoms with Gasteiger partial charge in [0, 0.05) is 0 Å². The molecule has 0 aliphatic rings. The minimum atomic E-state index is -4.58. The summed E-state index contributed by atoms with van der Waals surface area (Å²) in [5.74, 6) is -2.62. The van der Waals surface area contributed by atoms with Crippen LogP contribution in [0.5, 0.6) is 0 Å². The maximum absolute atomic E-state index is 12.5.